The van der Waals surface area contributed by atoms with Crippen LogP contribution in [-0.4, -0.2) is 17.6 Å². The lowest BCUT2D eigenvalue weighted by atomic mass is 10.1. The summed E-state index contributed by atoms with van der Waals surface area (Å²) in [6.07, 6.45) is 0.627. The molecule has 1 unspecified atom stereocenters. The topological polar surface area (TPSA) is 49.3 Å². The molecule has 15 heavy (non-hydrogen) atoms. The zero-order valence-electron chi connectivity index (χ0n) is 8.53. The molecular weight excluding hydrogens is 258 g/mol. The third kappa shape index (κ3) is 4.34. The molecule has 0 heterocycles. The SMILES string of the molecule is CC(CCNc1cccc(Br)c1)C(=O)O. The molecule has 1 rings (SSSR count). The summed E-state index contributed by atoms with van der Waals surface area (Å²) in [5.41, 5.74) is 1.00. The van der Waals surface area contributed by atoms with Crippen LogP contribution in [0.5, 0.6) is 0 Å². The molecule has 1 aromatic carbocycles. The first-order chi connectivity index (χ1) is 7.09. The molecule has 0 radical (unpaired) electrons. The van der Waals surface area contributed by atoms with Crippen LogP contribution in [0.2, 0.25) is 0 Å². The van der Waals surface area contributed by atoms with Gasteiger partial charge < -0.3 is 10.4 Å². The summed E-state index contributed by atoms with van der Waals surface area (Å²) in [5.74, 6) is -1.05. The molecule has 0 aromatic heterocycles. The van der Waals surface area contributed by atoms with Crippen LogP contribution >= 0.6 is 15.9 Å². The quantitative estimate of drug-likeness (QED) is 0.866. The third-order valence-corrected chi connectivity index (χ3v) is 2.65. The normalized spacial score (nSPS) is 12.1. The Bertz CT molecular complexity index is 341. The van der Waals surface area contributed by atoms with Crippen LogP contribution in [0.1, 0.15) is 13.3 Å². The minimum absolute atomic E-state index is 0.301. The number of hydrogen-bond donors (Lipinski definition) is 2. The van der Waals surface area contributed by atoms with Gasteiger partial charge in [-0.1, -0.05) is 28.9 Å². The highest BCUT2D eigenvalue weighted by Crippen LogP contribution is 2.15. The third-order valence-electron chi connectivity index (χ3n) is 2.15. The monoisotopic (exact) mass is 271 g/mol. The summed E-state index contributed by atoms with van der Waals surface area (Å²) in [5, 5.41) is 11.9. The summed E-state index contributed by atoms with van der Waals surface area (Å²) in [6, 6.07) is 7.81. The van der Waals surface area contributed by atoms with Crippen molar-refractivity contribution in [1.82, 2.24) is 0 Å². The second kappa shape index (κ2) is 5.75. The van der Waals surface area contributed by atoms with Crippen LogP contribution in [0.15, 0.2) is 28.7 Å². The first-order valence-electron chi connectivity index (χ1n) is 4.82. The standard InChI is InChI=1S/C11H14BrNO2/c1-8(11(14)15)5-6-13-10-4-2-3-9(12)7-10/h2-4,7-8,13H,5-6H2,1H3,(H,14,15). The maximum atomic E-state index is 10.6. The molecule has 0 bridgehead atoms. The molecule has 0 saturated carbocycles. The molecule has 0 aliphatic carbocycles. The fourth-order valence-electron chi connectivity index (χ4n) is 1.15. The summed E-state index contributed by atoms with van der Waals surface area (Å²) in [4.78, 5) is 10.6. The zero-order valence-corrected chi connectivity index (χ0v) is 10.1. The lowest BCUT2D eigenvalue weighted by molar-refractivity contribution is -0.141. The summed E-state index contributed by atoms with van der Waals surface area (Å²) in [7, 11) is 0. The number of hydrogen-bond acceptors (Lipinski definition) is 2. The van der Waals surface area contributed by atoms with Crippen molar-refractivity contribution in [3.8, 4) is 0 Å². The van der Waals surface area contributed by atoms with Gasteiger partial charge >= 0.3 is 5.97 Å². The van der Waals surface area contributed by atoms with Crippen LogP contribution in [-0.2, 0) is 4.79 Å². The Kier molecular flexibility index (Phi) is 4.62. The van der Waals surface area contributed by atoms with E-state index in [0.717, 1.165) is 10.2 Å². The van der Waals surface area contributed by atoms with Crippen molar-refractivity contribution in [2.45, 2.75) is 13.3 Å². The number of halogens is 1. The Morgan fingerprint density at radius 3 is 2.93 bits per heavy atom. The van der Waals surface area contributed by atoms with Crippen molar-refractivity contribution in [1.29, 1.82) is 0 Å². The van der Waals surface area contributed by atoms with Crippen molar-refractivity contribution in [2.24, 2.45) is 5.92 Å². The largest absolute Gasteiger partial charge is 0.481 e. The minimum atomic E-state index is -0.744. The lowest BCUT2D eigenvalue weighted by Crippen LogP contribution is -2.14. The lowest BCUT2D eigenvalue weighted by Gasteiger charge is -2.08. The maximum absolute atomic E-state index is 10.6. The van der Waals surface area contributed by atoms with Gasteiger partial charge in [0.2, 0.25) is 0 Å². The molecule has 82 valence electrons. The average molecular weight is 272 g/mol. The molecule has 0 amide bonds. The number of carboxylic acids is 1. The summed E-state index contributed by atoms with van der Waals surface area (Å²) in [6.45, 7) is 2.38. The second-order valence-corrected chi connectivity index (χ2v) is 4.38. The van der Waals surface area contributed by atoms with E-state index < -0.39 is 5.97 Å². The van der Waals surface area contributed by atoms with Gasteiger partial charge in [-0.2, -0.15) is 0 Å². The van der Waals surface area contributed by atoms with E-state index in [9.17, 15) is 4.79 Å². The molecule has 0 aliphatic rings. The molecule has 2 N–H and O–H groups in total. The molecule has 0 saturated heterocycles. The van der Waals surface area contributed by atoms with E-state index >= 15 is 0 Å². The van der Waals surface area contributed by atoms with Crippen molar-refractivity contribution in [3.63, 3.8) is 0 Å². The van der Waals surface area contributed by atoms with Crippen molar-refractivity contribution < 1.29 is 9.90 Å². The Morgan fingerprint density at radius 1 is 1.60 bits per heavy atom. The van der Waals surface area contributed by atoms with Gasteiger partial charge in [0.15, 0.2) is 0 Å². The van der Waals surface area contributed by atoms with E-state index in [0.29, 0.717) is 13.0 Å². The summed E-state index contributed by atoms with van der Waals surface area (Å²) < 4.78 is 1.01. The van der Waals surface area contributed by atoms with Crippen molar-refractivity contribution in [3.05, 3.63) is 28.7 Å². The van der Waals surface area contributed by atoms with E-state index in [1.165, 1.54) is 0 Å². The Balaban J connectivity index is 2.35. The van der Waals surface area contributed by atoms with Crippen molar-refractivity contribution in [2.75, 3.05) is 11.9 Å². The first-order valence-corrected chi connectivity index (χ1v) is 5.61. The van der Waals surface area contributed by atoms with Gasteiger partial charge in [-0.25, -0.2) is 0 Å². The number of anilines is 1. The molecule has 0 fully saturated rings. The van der Waals surface area contributed by atoms with Crippen LogP contribution < -0.4 is 5.32 Å². The Hall–Kier alpha value is -1.03. The van der Waals surface area contributed by atoms with E-state index in [1.54, 1.807) is 6.92 Å². The van der Waals surface area contributed by atoms with Crippen LogP contribution in [0.25, 0.3) is 0 Å². The fourth-order valence-corrected chi connectivity index (χ4v) is 1.55. The molecule has 3 nitrogen and oxygen atoms in total. The number of benzene rings is 1. The summed E-state index contributed by atoms with van der Waals surface area (Å²) >= 11 is 3.37. The van der Waals surface area contributed by atoms with Crippen LogP contribution in [0.3, 0.4) is 0 Å². The van der Waals surface area contributed by atoms with E-state index in [1.807, 2.05) is 24.3 Å². The first kappa shape index (κ1) is 12.0. The predicted molar refractivity (Wildman–Crippen MR) is 64.0 cm³/mol. The minimum Gasteiger partial charge on any atom is -0.481 e. The number of carbonyl (C=O) groups is 1. The van der Waals surface area contributed by atoms with Gasteiger partial charge in [-0.05, 0) is 24.6 Å². The van der Waals surface area contributed by atoms with Crippen LogP contribution in [0, 0.1) is 5.92 Å². The van der Waals surface area contributed by atoms with Gasteiger partial charge in [0.05, 0.1) is 5.92 Å². The maximum Gasteiger partial charge on any atom is 0.306 e. The van der Waals surface area contributed by atoms with Gasteiger partial charge in [-0.3, -0.25) is 4.79 Å². The molecular formula is C11H14BrNO2. The van der Waals surface area contributed by atoms with Gasteiger partial charge in [0.1, 0.15) is 0 Å². The number of nitrogens with one attached hydrogen (secondary N) is 1. The fraction of sp³-hybridized carbons (Fsp3) is 0.364. The average Bonchev–Trinajstić information content (AvgIpc) is 2.17. The zero-order chi connectivity index (χ0) is 11.3. The molecule has 0 aliphatic heterocycles. The number of aliphatic carboxylic acids is 1. The Labute approximate surface area is 97.6 Å². The van der Waals surface area contributed by atoms with Gasteiger partial charge in [0.25, 0.3) is 0 Å². The molecule has 1 atom stereocenters. The van der Waals surface area contributed by atoms with Crippen molar-refractivity contribution >= 4 is 27.6 Å². The molecule has 0 spiro atoms. The Morgan fingerprint density at radius 2 is 2.33 bits per heavy atom. The van der Waals surface area contributed by atoms with E-state index in [4.69, 9.17) is 5.11 Å². The highest BCUT2D eigenvalue weighted by molar-refractivity contribution is 9.10. The smallest absolute Gasteiger partial charge is 0.306 e. The van der Waals surface area contributed by atoms with Crippen LogP contribution in [0.4, 0.5) is 5.69 Å². The number of carboxylic acid groups (broad SMARTS) is 1. The second-order valence-electron chi connectivity index (χ2n) is 3.47. The van der Waals surface area contributed by atoms with Gasteiger partial charge in [-0.15, -0.1) is 0 Å². The highest BCUT2D eigenvalue weighted by Gasteiger charge is 2.09. The van der Waals surface area contributed by atoms with E-state index in [2.05, 4.69) is 21.2 Å². The molecule has 1 aromatic rings. The highest BCUT2D eigenvalue weighted by atomic mass is 79.9. The predicted octanol–water partition coefficient (Wildman–Crippen LogP) is 2.97. The van der Waals surface area contributed by atoms with E-state index in [-0.39, 0.29) is 5.92 Å². The molecule has 4 heteroatoms. The number of rotatable bonds is 5. The van der Waals surface area contributed by atoms with Gasteiger partial charge in [0, 0.05) is 16.7 Å².